The van der Waals surface area contributed by atoms with Gasteiger partial charge in [0, 0.05) is 11.1 Å². The Kier molecular flexibility index (Phi) is 20.2. The van der Waals surface area contributed by atoms with Crippen LogP contribution >= 0.6 is 0 Å². The maximum absolute atomic E-state index is 11.7. The Labute approximate surface area is 305 Å². The predicted molar refractivity (Wildman–Crippen MR) is 208 cm³/mol. The minimum atomic E-state index is -1.17. The van der Waals surface area contributed by atoms with E-state index in [9.17, 15) is 35.1 Å². The molecule has 0 aliphatic heterocycles. The summed E-state index contributed by atoms with van der Waals surface area (Å²) < 4.78 is 5.46. The Morgan fingerprint density at radius 2 is 1.12 bits per heavy atom. The number of carboxylic acid groups (broad SMARTS) is 2. The molecule has 0 radical (unpaired) electrons. The largest absolute Gasteiger partial charge is 0.508 e. The third-order valence-corrected chi connectivity index (χ3v) is 8.62. The fourth-order valence-corrected chi connectivity index (χ4v) is 5.71. The fourth-order valence-electron chi connectivity index (χ4n) is 5.71. The first-order valence-corrected chi connectivity index (χ1v) is 18.1. The number of hydrogen-bond donors (Lipinski definition) is 5. The second-order valence-corrected chi connectivity index (χ2v) is 13.7. The molecule has 0 spiro atoms. The summed E-state index contributed by atoms with van der Waals surface area (Å²) in [6.07, 6.45) is 17.7. The van der Waals surface area contributed by atoms with Gasteiger partial charge in [0.15, 0.2) is 0 Å². The van der Waals surface area contributed by atoms with Gasteiger partial charge < -0.3 is 30.3 Å². The lowest BCUT2D eigenvalue weighted by atomic mass is 9.94. The molecule has 0 aromatic heterocycles. The highest BCUT2D eigenvalue weighted by Crippen LogP contribution is 2.37. The molecular weight excluding hydrogens is 644 g/mol. The van der Waals surface area contributed by atoms with Crippen LogP contribution in [0.25, 0.3) is 0 Å². The van der Waals surface area contributed by atoms with Crippen molar-refractivity contribution in [3.05, 3.63) is 92.1 Å². The monoisotopic (exact) mass is 706 g/mol. The molecule has 51 heavy (non-hydrogen) atoms. The SMILES string of the molecule is CCCCCc1cc(OC)c(C/C=C(\C)CCC=C(C)C)c(O)c1C(=O)O.CCCc1cc(O)c(C/C=C(\C)CCC=C(C)C)c(O)c1C(=O)O. The van der Waals surface area contributed by atoms with Crippen LogP contribution in [0.5, 0.6) is 23.0 Å². The number of ether oxygens (including phenoxy) is 1. The third kappa shape index (κ3) is 15.1. The minimum Gasteiger partial charge on any atom is -0.508 e. The summed E-state index contributed by atoms with van der Waals surface area (Å²) in [5, 5.41) is 50.2. The lowest BCUT2D eigenvalue weighted by Crippen LogP contribution is -2.07. The van der Waals surface area contributed by atoms with Crippen LogP contribution in [0.1, 0.15) is 150 Å². The maximum atomic E-state index is 11.7. The molecule has 0 unspecified atom stereocenters. The van der Waals surface area contributed by atoms with Crippen LogP contribution in [0.3, 0.4) is 0 Å². The molecule has 5 N–H and O–H groups in total. The number of allylic oxidation sites excluding steroid dienone is 8. The van der Waals surface area contributed by atoms with Gasteiger partial charge in [0.1, 0.15) is 34.1 Å². The molecule has 282 valence electrons. The van der Waals surface area contributed by atoms with Crippen LogP contribution in [0.2, 0.25) is 0 Å². The van der Waals surface area contributed by atoms with E-state index in [4.69, 9.17) is 4.74 Å². The van der Waals surface area contributed by atoms with Gasteiger partial charge >= 0.3 is 11.9 Å². The highest BCUT2D eigenvalue weighted by atomic mass is 16.5. The maximum Gasteiger partial charge on any atom is 0.339 e. The number of methoxy groups -OCH3 is 1. The average Bonchev–Trinajstić information content (AvgIpc) is 3.03. The first kappa shape index (κ1) is 44.6. The Bertz CT molecular complexity index is 1580. The lowest BCUT2D eigenvalue weighted by Gasteiger charge is -2.16. The number of unbranched alkanes of at least 4 members (excludes halogenated alkanes) is 2. The van der Waals surface area contributed by atoms with Crippen molar-refractivity contribution in [1.29, 1.82) is 0 Å². The van der Waals surface area contributed by atoms with Gasteiger partial charge in [-0.3, -0.25) is 0 Å². The van der Waals surface area contributed by atoms with Crippen molar-refractivity contribution in [2.24, 2.45) is 0 Å². The van der Waals surface area contributed by atoms with Gasteiger partial charge in [0.05, 0.1) is 7.11 Å². The van der Waals surface area contributed by atoms with Gasteiger partial charge in [-0.1, -0.05) is 79.7 Å². The number of aromatic hydroxyl groups is 3. The van der Waals surface area contributed by atoms with E-state index in [2.05, 4.69) is 53.7 Å². The summed E-state index contributed by atoms with van der Waals surface area (Å²) in [5.41, 5.74) is 6.75. The fraction of sp³-hybridized carbons (Fsp3) is 0.488. The van der Waals surface area contributed by atoms with E-state index in [-0.39, 0.29) is 33.9 Å². The number of aromatic carboxylic acids is 2. The van der Waals surface area contributed by atoms with Crippen molar-refractivity contribution >= 4 is 11.9 Å². The molecule has 0 atom stereocenters. The second-order valence-electron chi connectivity index (χ2n) is 13.7. The standard InChI is InChI=1S/C23H34O4.C20H28O4/c1-6-7-8-12-18-15-20(27-5)19(22(24)21(18)23(25)26)14-13-17(4)11-9-10-16(2)3;1-5-7-15-12-17(21)16(19(22)18(15)20(23)24)11-10-14(4)9-6-8-13(2)3/h10,13,15,24H,6-9,11-12,14H2,1-5H3,(H,25,26);8,10,12,21-22H,5-7,9,11H2,1-4H3,(H,23,24)/b17-13+;14-10+. The van der Waals surface area contributed by atoms with Crippen molar-refractivity contribution in [3.63, 3.8) is 0 Å². The molecule has 0 fully saturated rings. The zero-order chi connectivity index (χ0) is 38.7. The van der Waals surface area contributed by atoms with E-state index in [0.717, 1.165) is 56.9 Å². The second kappa shape index (κ2) is 23.1. The van der Waals surface area contributed by atoms with E-state index in [1.54, 1.807) is 13.2 Å². The topological polar surface area (TPSA) is 145 Å². The molecular formula is C43H62O8. The van der Waals surface area contributed by atoms with E-state index in [1.165, 1.54) is 22.8 Å². The average molecular weight is 707 g/mol. The van der Waals surface area contributed by atoms with Crippen molar-refractivity contribution in [2.75, 3.05) is 7.11 Å². The molecule has 0 saturated heterocycles. The summed E-state index contributed by atoms with van der Waals surface area (Å²) in [7, 11) is 1.56. The Morgan fingerprint density at radius 3 is 1.55 bits per heavy atom. The van der Waals surface area contributed by atoms with Crippen LogP contribution < -0.4 is 4.74 Å². The Hall–Kier alpha value is -4.46. The number of aryl methyl sites for hydroxylation is 2. The number of carboxylic acids is 2. The van der Waals surface area contributed by atoms with Crippen LogP contribution in [-0.2, 0) is 25.7 Å². The van der Waals surface area contributed by atoms with Gasteiger partial charge in [0.25, 0.3) is 0 Å². The van der Waals surface area contributed by atoms with Crippen molar-refractivity contribution in [1.82, 2.24) is 0 Å². The van der Waals surface area contributed by atoms with Crippen molar-refractivity contribution in [2.45, 2.75) is 132 Å². The molecule has 0 aliphatic carbocycles. The molecule has 0 heterocycles. The minimum absolute atomic E-state index is 0.0116. The summed E-state index contributed by atoms with van der Waals surface area (Å²) in [6.45, 7) is 16.4. The molecule has 2 aromatic carbocycles. The van der Waals surface area contributed by atoms with E-state index < -0.39 is 11.9 Å². The first-order valence-electron chi connectivity index (χ1n) is 18.1. The first-order chi connectivity index (χ1) is 24.1. The van der Waals surface area contributed by atoms with Crippen LogP contribution in [0.15, 0.2) is 58.7 Å². The quantitative estimate of drug-likeness (QED) is 0.0717. The van der Waals surface area contributed by atoms with Crippen LogP contribution in [-0.4, -0.2) is 44.6 Å². The van der Waals surface area contributed by atoms with E-state index >= 15 is 0 Å². The molecule has 2 rings (SSSR count). The molecule has 0 bridgehead atoms. The number of carbonyl (C=O) groups is 2. The molecule has 2 aromatic rings. The van der Waals surface area contributed by atoms with Crippen LogP contribution in [0, 0.1) is 0 Å². The molecule has 8 nitrogen and oxygen atoms in total. The number of phenolic OH excluding ortho intramolecular Hbond substituents is 1. The number of rotatable bonds is 19. The summed E-state index contributed by atoms with van der Waals surface area (Å²) in [5.74, 6) is -2.23. The summed E-state index contributed by atoms with van der Waals surface area (Å²) in [4.78, 5) is 23.2. The number of hydrogen-bond acceptors (Lipinski definition) is 6. The lowest BCUT2D eigenvalue weighted by molar-refractivity contribution is 0.0680. The van der Waals surface area contributed by atoms with Crippen molar-refractivity contribution in [3.8, 4) is 23.0 Å². The summed E-state index contributed by atoms with van der Waals surface area (Å²) >= 11 is 0. The highest BCUT2D eigenvalue weighted by Gasteiger charge is 2.23. The van der Waals surface area contributed by atoms with Gasteiger partial charge in [0.2, 0.25) is 0 Å². The van der Waals surface area contributed by atoms with Gasteiger partial charge in [-0.05, 0) is 123 Å². The molecule has 8 heteroatoms. The van der Waals surface area contributed by atoms with Crippen molar-refractivity contribution < 1.29 is 39.9 Å². The van der Waals surface area contributed by atoms with Gasteiger partial charge in [-0.2, -0.15) is 0 Å². The zero-order valence-electron chi connectivity index (χ0n) is 32.4. The predicted octanol–water partition coefficient (Wildman–Crippen LogP) is 11.1. The van der Waals surface area contributed by atoms with Gasteiger partial charge in [-0.25, -0.2) is 9.59 Å². The molecule has 0 amide bonds. The number of benzene rings is 2. The Balaban J connectivity index is 0.000000514. The van der Waals surface area contributed by atoms with Crippen LogP contribution in [0.4, 0.5) is 0 Å². The zero-order valence-corrected chi connectivity index (χ0v) is 32.4. The number of phenols is 3. The highest BCUT2D eigenvalue weighted by molar-refractivity contribution is 5.94. The molecule has 0 aliphatic rings. The normalized spacial score (nSPS) is 11.4. The third-order valence-electron chi connectivity index (χ3n) is 8.62. The molecule has 0 saturated carbocycles. The van der Waals surface area contributed by atoms with Gasteiger partial charge in [-0.15, -0.1) is 0 Å². The smallest absolute Gasteiger partial charge is 0.339 e. The Morgan fingerprint density at radius 1 is 0.647 bits per heavy atom. The van der Waals surface area contributed by atoms with E-state index in [1.807, 2.05) is 26.0 Å². The summed E-state index contributed by atoms with van der Waals surface area (Å²) in [6, 6.07) is 3.24. The van der Waals surface area contributed by atoms with E-state index in [0.29, 0.717) is 48.1 Å².